The van der Waals surface area contributed by atoms with E-state index >= 15 is 0 Å². The molecule has 0 bridgehead atoms. The standard InChI is InChI=1S/C21H21N5O2/c1-15-7-8-20(28-15)18-13-19(25-24-18)21(27)23-17(16-5-3-2-4-6-16)9-11-26-12-10-22-14-26/h2-8,10,12-14,17H,9,11H2,1H3,(H,23,27)(H,24,25). The first-order chi connectivity index (χ1) is 13.7. The number of aryl methyl sites for hydroxylation is 2. The zero-order valence-electron chi connectivity index (χ0n) is 15.5. The zero-order valence-corrected chi connectivity index (χ0v) is 15.5. The van der Waals surface area contributed by atoms with Gasteiger partial charge in [-0.1, -0.05) is 30.3 Å². The molecule has 0 radical (unpaired) electrons. The van der Waals surface area contributed by atoms with Gasteiger partial charge < -0.3 is 14.3 Å². The smallest absolute Gasteiger partial charge is 0.272 e. The lowest BCUT2D eigenvalue weighted by Crippen LogP contribution is -2.29. The van der Waals surface area contributed by atoms with Gasteiger partial charge in [0.1, 0.15) is 11.5 Å². The summed E-state index contributed by atoms with van der Waals surface area (Å²) in [7, 11) is 0. The van der Waals surface area contributed by atoms with E-state index in [1.165, 1.54) is 0 Å². The maximum atomic E-state index is 12.8. The summed E-state index contributed by atoms with van der Waals surface area (Å²) in [6.45, 7) is 2.62. The van der Waals surface area contributed by atoms with Gasteiger partial charge in [-0.25, -0.2) is 4.98 Å². The molecule has 4 rings (SSSR count). The Kier molecular flexibility index (Phi) is 5.05. The van der Waals surface area contributed by atoms with Crippen LogP contribution in [-0.2, 0) is 6.54 Å². The highest BCUT2D eigenvalue weighted by Crippen LogP contribution is 2.22. The van der Waals surface area contributed by atoms with Crippen LogP contribution in [0.1, 0.15) is 34.3 Å². The summed E-state index contributed by atoms with van der Waals surface area (Å²) in [4.78, 5) is 16.9. The first kappa shape index (κ1) is 17.8. The second-order valence-electron chi connectivity index (χ2n) is 6.60. The summed E-state index contributed by atoms with van der Waals surface area (Å²) in [5.74, 6) is 1.23. The van der Waals surface area contributed by atoms with Crippen LogP contribution < -0.4 is 5.32 Å². The molecule has 0 aliphatic rings. The van der Waals surface area contributed by atoms with Crippen molar-refractivity contribution >= 4 is 5.91 Å². The van der Waals surface area contributed by atoms with E-state index in [1.54, 1.807) is 18.6 Å². The monoisotopic (exact) mass is 375 g/mol. The minimum atomic E-state index is -0.231. The fraction of sp³-hybridized carbons (Fsp3) is 0.190. The predicted octanol–water partition coefficient (Wildman–Crippen LogP) is 3.74. The topological polar surface area (TPSA) is 88.7 Å². The van der Waals surface area contributed by atoms with Crippen LogP contribution in [0.5, 0.6) is 0 Å². The number of furan rings is 1. The summed E-state index contributed by atoms with van der Waals surface area (Å²) in [6, 6.07) is 15.2. The lowest BCUT2D eigenvalue weighted by Gasteiger charge is -2.19. The number of carbonyl (C=O) groups excluding carboxylic acids is 1. The van der Waals surface area contributed by atoms with Gasteiger partial charge in [0, 0.05) is 25.0 Å². The molecule has 2 N–H and O–H groups in total. The molecule has 0 saturated heterocycles. The zero-order chi connectivity index (χ0) is 19.3. The van der Waals surface area contributed by atoms with Crippen molar-refractivity contribution in [3.05, 3.63) is 84.3 Å². The van der Waals surface area contributed by atoms with Crippen molar-refractivity contribution < 1.29 is 9.21 Å². The molecule has 142 valence electrons. The van der Waals surface area contributed by atoms with E-state index in [2.05, 4.69) is 20.5 Å². The van der Waals surface area contributed by atoms with Gasteiger partial charge in [-0.2, -0.15) is 5.10 Å². The van der Waals surface area contributed by atoms with Crippen molar-refractivity contribution in [1.29, 1.82) is 0 Å². The first-order valence-electron chi connectivity index (χ1n) is 9.13. The number of nitrogens with zero attached hydrogens (tertiary/aromatic N) is 3. The molecule has 28 heavy (non-hydrogen) atoms. The van der Waals surface area contributed by atoms with Crippen LogP contribution in [0.25, 0.3) is 11.5 Å². The lowest BCUT2D eigenvalue weighted by atomic mass is 10.0. The molecule has 7 nitrogen and oxygen atoms in total. The van der Waals surface area contributed by atoms with Crippen molar-refractivity contribution in [3.63, 3.8) is 0 Å². The minimum absolute atomic E-state index is 0.137. The number of hydrogen-bond acceptors (Lipinski definition) is 4. The summed E-state index contributed by atoms with van der Waals surface area (Å²) < 4.78 is 7.58. The molecule has 3 aromatic heterocycles. The third-order valence-electron chi connectivity index (χ3n) is 4.56. The number of aromatic nitrogens is 4. The third kappa shape index (κ3) is 4.03. The Morgan fingerprint density at radius 1 is 1.25 bits per heavy atom. The second kappa shape index (κ2) is 7.96. The van der Waals surface area contributed by atoms with Gasteiger partial charge in [0.05, 0.1) is 12.4 Å². The van der Waals surface area contributed by atoms with Crippen LogP contribution >= 0.6 is 0 Å². The number of nitrogens with one attached hydrogen (secondary N) is 2. The normalized spacial score (nSPS) is 12.0. The van der Waals surface area contributed by atoms with Gasteiger partial charge in [-0.05, 0) is 31.0 Å². The number of amides is 1. The second-order valence-corrected chi connectivity index (χ2v) is 6.60. The molecule has 1 atom stereocenters. The van der Waals surface area contributed by atoms with E-state index in [1.807, 2.05) is 60.2 Å². The molecular formula is C21H21N5O2. The number of benzene rings is 1. The molecular weight excluding hydrogens is 354 g/mol. The van der Waals surface area contributed by atoms with E-state index < -0.39 is 0 Å². The average molecular weight is 375 g/mol. The van der Waals surface area contributed by atoms with Crippen LogP contribution in [0.15, 0.2) is 71.7 Å². The molecule has 0 fully saturated rings. The van der Waals surface area contributed by atoms with Crippen molar-refractivity contribution in [2.75, 3.05) is 0 Å². The Hall–Kier alpha value is -3.61. The first-order valence-corrected chi connectivity index (χ1v) is 9.13. The maximum Gasteiger partial charge on any atom is 0.272 e. The Bertz CT molecular complexity index is 1030. The number of rotatable bonds is 7. The fourth-order valence-corrected chi connectivity index (χ4v) is 3.08. The Balaban J connectivity index is 1.49. The van der Waals surface area contributed by atoms with Crippen LogP contribution in [0.3, 0.4) is 0 Å². The highest BCUT2D eigenvalue weighted by molar-refractivity contribution is 5.93. The van der Waals surface area contributed by atoms with E-state index in [0.717, 1.165) is 24.3 Å². The molecule has 1 amide bonds. The maximum absolute atomic E-state index is 12.8. The van der Waals surface area contributed by atoms with Gasteiger partial charge in [0.15, 0.2) is 11.5 Å². The summed E-state index contributed by atoms with van der Waals surface area (Å²) >= 11 is 0. The highest BCUT2D eigenvalue weighted by atomic mass is 16.3. The Labute approximate surface area is 162 Å². The van der Waals surface area contributed by atoms with E-state index in [4.69, 9.17) is 4.42 Å². The van der Waals surface area contributed by atoms with Crippen LogP contribution in [0.2, 0.25) is 0 Å². The molecule has 3 heterocycles. The number of aromatic amines is 1. The van der Waals surface area contributed by atoms with E-state index in [-0.39, 0.29) is 11.9 Å². The SMILES string of the molecule is Cc1ccc(-c2cc(C(=O)NC(CCn3ccnc3)c3ccccc3)n[nH]2)o1. The Morgan fingerprint density at radius 3 is 2.82 bits per heavy atom. The number of carbonyl (C=O) groups is 1. The molecule has 0 spiro atoms. The highest BCUT2D eigenvalue weighted by Gasteiger charge is 2.19. The summed E-state index contributed by atoms with van der Waals surface area (Å²) in [6.07, 6.45) is 6.17. The van der Waals surface area contributed by atoms with Crippen LogP contribution in [0.4, 0.5) is 0 Å². The van der Waals surface area contributed by atoms with Gasteiger partial charge in [-0.3, -0.25) is 9.89 Å². The lowest BCUT2D eigenvalue weighted by molar-refractivity contribution is 0.0928. The Morgan fingerprint density at radius 2 is 2.11 bits per heavy atom. The van der Waals surface area contributed by atoms with E-state index in [9.17, 15) is 4.79 Å². The van der Waals surface area contributed by atoms with Crippen molar-refractivity contribution in [2.45, 2.75) is 25.9 Å². The molecule has 1 unspecified atom stereocenters. The molecule has 0 aliphatic heterocycles. The molecule has 4 aromatic rings. The average Bonchev–Trinajstić information content (AvgIpc) is 3.47. The molecule has 0 aliphatic carbocycles. The minimum Gasteiger partial charge on any atom is -0.460 e. The number of hydrogen-bond donors (Lipinski definition) is 2. The number of imidazole rings is 1. The van der Waals surface area contributed by atoms with Gasteiger partial charge >= 0.3 is 0 Å². The largest absolute Gasteiger partial charge is 0.460 e. The van der Waals surface area contributed by atoms with Gasteiger partial charge in [0.2, 0.25) is 0 Å². The third-order valence-corrected chi connectivity index (χ3v) is 4.56. The van der Waals surface area contributed by atoms with Crippen LogP contribution in [0, 0.1) is 6.92 Å². The quantitative estimate of drug-likeness (QED) is 0.515. The van der Waals surface area contributed by atoms with E-state index in [0.29, 0.717) is 17.1 Å². The summed E-state index contributed by atoms with van der Waals surface area (Å²) in [5.41, 5.74) is 2.05. The molecule has 0 saturated carbocycles. The number of H-pyrrole nitrogens is 1. The fourth-order valence-electron chi connectivity index (χ4n) is 3.08. The van der Waals surface area contributed by atoms with Crippen molar-refractivity contribution in [3.8, 4) is 11.5 Å². The molecule has 1 aromatic carbocycles. The molecule has 7 heteroatoms. The van der Waals surface area contributed by atoms with Gasteiger partial charge in [0.25, 0.3) is 5.91 Å². The van der Waals surface area contributed by atoms with Crippen molar-refractivity contribution in [2.24, 2.45) is 0 Å². The summed E-state index contributed by atoms with van der Waals surface area (Å²) in [5, 5.41) is 10.1. The predicted molar refractivity (Wildman–Crippen MR) is 105 cm³/mol. The van der Waals surface area contributed by atoms with Gasteiger partial charge in [-0.15, -0.1) is 0 Å². The van der Waals surface area contributed by atoms with Crippen LogP contribution in [-0.4, -0.2) is 25.7 Å². The van der Waals surface area contributed by atoms with Crippen molar-refractivity contribution in [1.82, 2.24) is 25.1 Å².